The Morgan fingerprint density at radius 1 is 1.57 bits per heavy atom. The molecule has 23 heavy (non-hydrogen) atoms. The van der Waals surface area contributed by atoms with Crippen molar-refractivity contribution in [1.82, 2.24) is 9.91 Å². The highest BCUT2D eigenvalue weighted by Crippen LogP contribution is 2.13. The molecule has 1 aromatic carbocycles. The number of nitrogens with zero attached hydrogens (tertiary/aromatic N) is 4. The maximum atomic E-state index is 11.8. The highest BCUT2D eigenvalue weighted by atomic mass is 32.1. The molecule has 0 radical (unpaired) electrons. The maximum Gasteiger partial charge on any atom is 0.430 e. The lowest BCUT2D eigenvalue weighted by Crippen LogP contribution is -2.26. The summed E-state index contributed by atoms with van der Waals surface area (Å²) in [6, 6.07) is 5.83. The Labute approximate surface area is 139 Å². The number of hydrazone groups is 1. The SMILES string of the molecule is CN(N=CN1CCC(S)C1)C(=O)OCc1ccc([N+](=O)[O-])cc1. The van der Waals surface area contributed by atoms with Crippen LogP contribution in [0.3, 0.4) is 0 Å². The van der Waals surface area contributed by atoms with Gasteiger partial charge in [0.1, 0.15) is 12.9 Å². The number of non-ortho nitro benzene ring substituents is 1. The topological polar surface area (TPSA) is 88.3 Å². The molecule has 124 valence electrons. The molecule has 1 saturated heterocycles. The molecular weight excluding hydrogens is 320 g/mol. The minimum Gasteiger partial charge on any atom is -0.443 e. The van der Waals surface area contributed by atoms with Gasteiger partial charge in [0, 0.05) is 37.5 Å². The number of likely N-dealkylation sites (tertiary alicyclic amines) is 1. The van der Waals surface area contributed by atoms with E-state index >= 15 is 0 Å². The van der Waals surface area contributed by atoms with Gasteiger partial charge in [-0.1, -0.05) is 0 Å². The molecule has 2 rings (SSSR count). The maximum absolute atomic E-state index is 11.8. The standard InChI is InChI=1S/C14H18N4O4S/c1-16(15-10-17-7-6-13(23)8-17)14(19)22-9-11-2-4-12(5-3-11)18(20)21/h2-5,10,13,23H,6-9H2,1H3. The van der Waals surface area contributed by atoms with Crippen LogP contribution in [-0.2, 0) is 11.3 Å². The molecule has 1 aromatic rings. The third-order valence-electron chi connectivity index (χ3n) is 3.36. The molecule has 0 bridgehead atoms. The smallest absolute Gasteiger partial charge is 0.430 e. The Bertz CT molecular complexity index is 593. The lowest BCUT2D eigenvalue weighted by Gasteiger charge is -2.14. The second-order valence-electron chi connectivity index (χ2n) is 5.17. The molecular formula is C14H18N4O4S. The fraction of sp³-hybridized carbons (Fsp3) is 0.429. The first kappa shape index (κ1) is 17.1. The molecule has 1 aliphatic heterocycles. The van der Waals surface area contributed by atoms with Crippen molar-refractivity contribution in [2.75, 3.05) is 20.1 Å². The number of nitro groups is 1. The normalized spacial score (nSPS) is 17.5. The van der Waals surface area contributed by atoms with Gasteiger partial charge < -0.3 is 9.64 Å². The van der Waals surface area contributed by atoms with Crippen LogP contribution in [0.15, 0.2) is 29.4 Å². The van der Waals surface area contributed by atoms with E-state index in [9.17, 15) is 14.9 Å². The molecule has 8 nitrogen and oxygen atoms in total. The van der Waals surface area contributed by atoms with E-state index in [2.05, 4.69) is 17.7 Å². The van der Waals surface area contributed by atoms with Gasteiger partial charge in [-0.15, -0.1) is 0 Å². The molecule has 1 atom stereocenters. The van der Waals surface area contributed by atoms with Gasteiger partial charge in [-0.05, 0) is 24.1 Å². The second-order valence-corrected chi connectivity index (χ2v) is 5.90. The quantitative estimate of drug-likeness (QED) is 0.292. The second kappa shape index (κ2) is 7.82. The molecule has 0 aromatic heterocycles. The van der Waals surface area contributed by atoms with Crippen LogP contribution < -0.4 is 0 Å². The number of rotatable bonds is 5. The number of carbonyl (C=O) groups excluding carboxylic acids is 1. The molecule has 0 saturated carbocycles. The van der Waals surface area contributed by atoms with Crippen LogP contribution in [0.25, 0.3) is 0 Å². The van der Waals surface area contributed by atoms with Crippen LogP contribution in [0.2, 0.25) is 0 Å². The van der Waals surface area contributed by atoms with Gasteiger partial charge in [0.25, 0.3) is 5.69 Å². The zero-order chi connectivity index (χ0) is 16.8. The summed E-state index contributed by atoms with van der Waals surface area (Å²) in [6.45, 7) is 1.70. The molecule has 1 fully saturated rings. The van der Waals surface area contributed by atoms with E-state index in [4.69, 9.17) is 4.74 Å². The molecule has 9 heteroatoms. The van der Waals surface area contributed by atoms with Crippen molar-refractivity contribution < 1.29 is 14.5 Å². The van der Waals surface area contributed by atoms with Gasteiger partial charge in [-0.3, -0.25) is 10.1 Å². The average Bonchev–Trinajstić information content (AvgIpc) is 2.96. The van der Waals surface area contributed by atoms with Gasteiger partial charge in [0.05, 0.1) is 4.92 Å². The van der Waals surface area contributed by atoms with Crippen molar-refractivity contribution in [3.05, 3.63) is 39.9 Å². The van der Waals surface area contributed by atoms with Crippen molar-refractivity contribution in [3.8, 4) is 0 Å². The zero-order valence-electron chi connectivity index (χ0n) is 12.7. The number of thiol groups is 1. The number of hydrogen-bond donors (Lipinski definition) is 1. The van der Waals surface area contributed by atoms with Crippen LogP contribution in [0.5, 0.6) is 0 Å². The number of amides is 1. The van der Waals surface area contributed by atoms with Crippen molar-refractivity contribution in [3.63, 3.8) is 0 Å². The molecule has 0 spiro atoms. The Kier molecular flexibility index (Phi) is 5.80. The summed E-state index contributed by atoms with van der Waals surface area (Å²) in [5.74, 6) is 0. The molecule has 1 heterocycles. The van der Waals surface area contributed by atoms with Crippen molar-refractivity contribution in [2.24, 2.45) is 5.10 Å². The largest absolute Gasteiger partial charge is 0.443 e. The number of nitro benzene ring substituents is 1. The summed E-state index contributed by atoms with van der Waals surface area (Å²) >= 11 is 4.38. The molecule has 0 aliphatic carbocycles. The van der Waals surface area contributed by atoms with Gasteiger partial charge in [0.15, 0.2) is 0 Å². The van der Waals surface area contributed by atoms with Crippen molar-refractivity contribution in [1.29, 1.82) is 0 Å². The van der Waals surface area contributed by atoms with E-state index in [0.29, 0.717) is 10.8 Å². The van der Waals surface area contributed by atoms with E-state index in [1.54, 1.807) is 18.5 Å². The first-order valence-corrected chi connectivity index (χ1v) is 7.57. The Balaban J connectivity index is 1.79. The Morgan fingerprint density at radius 2 is 2.26 bits per heavy atom. The number of ether oxygens (including phenoxy) is 1. The molecule has 0 N–H and O–H groups in total. The predicted molar refractivity (Wildman–Crippen MR) is 88.5 cm³/mol. The Hall–Kier alpha value is -2.29. The van der Waals surface area contributed by atoms with Crippen LogP contribution in [0.1, 0.15) is 12.0 Å². The summed E-state index contributed by atoms with van der Waals surface area (Å²) in [5.41, 5.74) is 0.661. The van der Waals surface area contributed by atoms with Crippen LogP contribution in [-0.4, -0.2) is 52.7 Å². The summed E-state index contributed by atoms with van der Waals surface area (Å²) < 4.78 is 5.10. The predicted octanol–water partition coefficient (Wildman–Crippen LogP) is 2.11. The first-order chi connectivity index (χ1) is 11.0. The van der Waals surface area contributed by atoms with Gasteiger partial charge in [-0.25, -0.2) is 9.80 Å². The fourth-order valence-electron chi connectivity index (χ4n) is 2.02. The minimum atomic E-state index is -0.596. The third kappa shape index (κ3) is 5.13. The first-order valence-electron chi connectivity index (χ1n) is 7.05. The summed E-state index contributed by atoms with van der Waals surface area (Å²) in [5, 5.41) is 16.0. The lowest BCUT2D eigenvalue weighted by atomic mass is 10.2. The third-order valence-corrected chi connectivity index (χ3v) is 3.78. The van der Waals surface area contributed by atoms with E-state index in [-0.39, 0.29) is 12.3 Å². The number of carbonyl (C=O) groups is 1. The fourth-order valence-corrected chi connectivity index (χ4v) is 2.35. The van der Waals surface area contributed by atoms with E-state index in [0.717, 1.165) is 24.5 Å². The highest BCUT2D eigenvalue weighted by molar-refractivity contribution is 7.81. The number of hydrogen-bond acceptors (Lipinski definition) is 6. The lowest BCUT2D eigenvalue weighted by molar-refractivity contribution is -0.384. The van der Waals surface area contributed by atoms with Crippen LogP contribution >= 0.6 is 12.6 Å². The van der Waals surface area contributed by atoms with Crippen LogP contribution in [0.4, 0.5) is 10.5 Å². The summed E-state index contributed by atoms with van der Waals surface area (Å²) in [6.07, 6.45) is 1.99. The average molecular weight is 338 g/mol. The van der Waals surface area contributed by atoms with Crippen LogP contribution in [0, 0.1) is 10.1 Å². The molecule has 1 aliphatic rings. The van der Waals surface area contributed by atoms with E-state index < -0.39 is 11.0 Å². The monoisotopic (exact) mass is 338 g/mol. The van der Waals surface area contributed by atoms with Crippen molar-refractivity contribution >= 4 is 30.7 Å². The minimum absolute atomic E-state index is 0.00472. The van der Waals surface area contributed by atoms with E-state index in [1.165, 1.54) is 19.2 Å². The number of benzene rings is 1. The molecule has 1 unspecified atom stereocenters. The summed E-state index contributed by atoms with van der Waals surface area (Å²) in [7, 11) is 1.50. The van der Waals surface area contributed by atoms with Gasteiger partial charge in [0.2, 0.25) is 0 Å². The molecule has 1 amide bonds. The zero-order valence-corrected chi connectivity index (χ0v) is 13.6. The van der Waals surface area contributed by atoms with Gasteiger partial charge >= 0.3 is 6.09 Å². The van der Waals surface area contributed by atoms with Crippen molar-refractivity contribution in [2.45, 2.75) is 18.3 Å². The highest BCUT2D eigenvalue weighted by Gasteiger charge is 2.17. The summed E-state index contributed by atoms with van der Waals surface area (Å²) in [4.78, 5) is 23.9. The van der Waals surface area contributed by atoms with Gasteiger partial charge in [-0.2, -0.15) is 17.7 Å². The Morgan fingerprint density at radius 3 is 2.83 bits per heavy atom. The van der Waals surface area contributed by atoms with E-state index in [1.807, 2.05) is 4.90 Å².